The number of hydrogen-bond acceptors (Lipinski definition) is 16. The summed E-state index contributed by atoms with van der Waals surface area (Å²) in [6, 6.07) is 26.5. The summed E-state index contributed by atoms with van der Waals surface area (Å²) in [5.41, 5.74) is 0. The molecule has 3 rings (SSSR count). The van der Waals surface area contributed by atoms with E-state index >= 15 is 0 Å². The number of ether oxygens (including phenoxy) is 4. The van der Waals surface area contributed by atoms with Crippen molar-refractivity contribution in [2.45, 2.75) is 115 Å². The molecule has 0 saturated carbocycles. The maximum absolute atomic E-state index is 13.5. The summed E-state index contributed by atoms with van der Waals surface area (Å²) in [6.07, 6.45) is 3.19. The van der Waals surface area contributed by atoms with Crippen LogP contribution in [0.5, 0.6) is 0 Å². The third-order valence-corrected chi connectivity index (χ3v) is 19.0. The summed E-state index contributed by atoms with van der Waals surface area (Å²) in [4.78, 5) is 128. The Kier molecular flexibility index (Phi) is 30.2. The molecule has 5 amide bonds. The molecule has 0 aliphatic heterocycles. The second-order valence-electron chi connectivity index (χ2n) is 17.5. The number of Topliss-reactive ketones (excluding diaryl/α,β-unsaturated/α-hetero) is 1. The third kappa shape index (κ3) is 22.5. The van der Waals surface area contributed by atoms with Crippen LogP contribution in [0.3, 0.4) is 0 Å². The van der Waals surface area contributed by atoms with Gasteiger partial charge in [0.25, 0.3) is 0 Å². The lowest BCUT2D eigenvalue weighted by Crippen LogP contribution is -2.50. The lowest BCUT2D eigenvalue weighted by molar-refractivity contribution is -0.146. The van der Waals surface area contributed by atoms with Crippen LogP contribution in [-0.2, 0) is 66.9 Å². The molecule has 0 fully saturated rings. The van der Waals surface area contributed by atoms with Gasteiger partial charge in [-0.1, -0.05) is 96.0 Å². The van der Waals surface area contributed by atoms with Crippen LogP contribution >= 0.6 is 28.9 Å². The molecular weight excluding hydrogens is 1040 g/mol. The largest absolute Gasteiger partial charge is 0.469 e. The number of carbonyl (C=O) groups is 10. The van der Waals surface area contributed by atoms with Crippen molar-refractivity contribution >= 4 is 104 Å². The number of hydrogen-bond donors (Lipinski definition) is 5. The van der Waals surface area contributed by atoms with Crippen molar-refractivity contribution in [3.8, 4) is 0 Å². The van der Waals surface area contributed by atoms with Crippen molar-refractivity contribution in [1.82, 2.24) is 26.6 Å². The Morgan fingerprint density at radius 1 is 0.461 bits per heavy atom. The molecule has 76 heavy (non-hydrogen) atoms. The Morgan fingerprint density at radius 3 is 1.30 bits per heavy atom. The normalized spacial score (nSPS) is 12.5. The van der Waals surface area contributed by atoms with Gasteiger partial charge in [-0.3, -0.25) is 38.4 Å². The van der Waals surface area contributed by atoms with Crippen LogP contribution in [0, 0.1) is 0 Å². The standard InChI is InChI=1S/C54H72N5O14PS2/c1-6-7-11-26-46(61)56-42(54(69)73-5)29-32-49(64)59-44(52(67)55-35-51(66)71-3)37-76-75-36-43(45(60)30-33-50(65)70-2)58-48(63)31-28-41(53(68)72-4)57-47(62)27-18-19-34-74(38-20-12-8-13-21-38,39-22-14-9-15-23-39)40-24-16-10-17-25-40/h8-10,12-17,20-25,41-44H,6-7,11,18-19,26-37H2,1-5H3,(H4-,55,56,57,58,59,61,62,63,64,67)/p+1. The average molecular weight is 1110 g/mol. The van der Waals surface area contributed by atoms with E-state index in [2.05, 4.69) is 72.5 Å². The van der Waals surface area contributed by atoms with Crippen LogP contribution in [0.25, 0.3) is 0 Å². The van der Waals surface area contributed by atoms with Gasteiger partial charge in [-0.2, -0.15) is 0 Å². The fourth-order valence-corrected chi connectivity index (χ4v) is 14.7. The van der Waals surface area contributed by atoms with Gasteiger partial charge in [-0.05, 0) is 68.5 Å². The number of amides is 5. The van der Waals surface area contributed by atoms with Gasteiger partial charge in [0.15, 0.2) is 5.78 Å². The van der Waals surface area contributed by atoms with Crippen LogP contribution in [0.1, 0.15) is 90.4 Å². The van der Waals surface area contributed by atoms with E-state index in [1.165, 1.54) is 30.1 Å². The molecule has 4 atom stereocenters. The lowest BCUT2D eigenvalue weighted by Gasteiger charge is -2.27. The van der Waals surface area contributed by atoms with Crippen LogP contribution < -0.4 is 42.5 Å². The molecular formula is C54H73N5O14PS2+. The smallest absolute Gasteiger partial charge is 0.328 e. The summed E-state index contributed by atoms with van der Waals surface area (Å²) < 4.78 is 19.1. The molecule has 3 aromatic carbocycles. The number of esters is 4. The number of nitrogens with one attached hydrogen (secondary N) is 5. The fourth-order valence-electron chi connectivity index (χ4n) is 7.94. The molecule has 0 aliphatic rings. The quantitative estimate of drug-likeness (QED) is 0.0182. The number of unbranched alkanes of at least 4 members (excludes halogenated alkanes) is 3. The first-order chi connectivity index (χ1) is 36.6. The Hall–Kier alpha value is -6.31. The van der Waals surface area contributed by atoms with Gasteiger partial charge >= 0.3 is 23.9 Å². The van der Waals surface area contributed by atoms with E-state index in [1.807, 2.05) is 61.5 Å². The molecule has 414 valence electrons. The van der Waals surface area contributed by atoms with E-state index < -0.39 is 91.3 Å². The minimum Gasteiger partial charge on any atom is -0.469 e. The zero-order chi connectivity index (χ0) is 55.7. The molecule has 5 N–H and O–H groups in total. The van der Waals surface area contributed by atoms with Crippen molar-refractivity contribution in [2.75, 3.05) is 52.7 Å². The highest BCUT2D eigenvalue weighted by molar-refractivity contribution is 8.76. The summed E-state index contributed by atoms with van der Waals surface area (Å²) in [5, 5.41) is 16.6. The average Bonchev–Trinajstić information content (AvgIpc) is 3.44. The Labute approximate surface area is 453 Å². The zero-order valence-corrected chi connectivity index (χ0v) is 46.5. The van der Waals surface area contributed by atoms with Gasteiger partial charge in [-0.15, -0.1) is 0 Å². The molecule has 22 heteroatoms. The molecule has 0 bridgehead atoms. The van der Waals surface area contributed by atoms with Crippen LogP contribution in [0.2, 0.25) is 0 Å². The zero-order valence-electron chi connectivity index (χ0n) is 44.0. The molecule has 3 aromatic rings. The van der Waals surface area contributed by atoms with E-state index in [-0.39, 0.29) is 68.8 Å². The highest BCUT2D eigenvalue weighted by atomic mass is 33.1. The summed E-state index contributed by atoms with van der Waals surface area (Å²) in [5.74, 6) is -6.41. The topological polar surface area (TPSA) is 268 Å². The first-order valence-electron chi connectivity index (χ1n) is 25.2. The van der Waals surface area contributed by atoms with E-state index in [0.29, 0.717) is 19.3 Å². The molecule has 0 saturated heterocycles. The van der Waals surface area contributed by atoms with Gasteiger partial charge in [0, 0.05) is 43.6 Å². The maximum Gasteiger partial charge on any atom is 0.328 e. The molecule has 0 spiro atoms. The van der Waals surface area contributed by atoms with E-state index in [4.69, 9.17) is 9.47 Å². The Balaban J connectivity index is 1.65. The maximum atomic E-state index is 13.5. The van der Waals surface area contributed by atoms with E-state index in [1.54, 1.807) is 0 Å². The predicted molar refractivity (Wildman–Crippen MR) is 294 cm³/mol. The highest BCUT2D eigenvalue weighted by Crippen LogP contribution is 2.56. The minimum absolute atomic E-state index is 0.0703. The highest BCUT2D eigenvalue weighted by Gasteiger charge is 2.44. The van der Waals surface area contributed by atoms with Gasteiger partial charge in [0.2, 0.25) is 29.5 Å². The van der Waals surface area contributed by atoms with Crippen LogP contribution in [-0.4, -0.2) is 136 Å². The number of ketones is 1. The van der Waals surface area contributed by atoms with Crippen molar-refractivity contribution in [2.24, 2.45) is 0 Å². The lowest BCUT2D eigenvalue weighted by atomic mass is 10.1. The first kappa shape index (κ1) is 64.0. The number of benzene rings is 3. The van der Waals surface area contributed by atoms with E-state index in [9.17, 15) is 47.9 Å². The van der Waals surface area contributed by atoms with Gasteiger partial charge in [0.05, 0.1) is 47.1 Å². The van der Waals surface area contributed by atoms with Crippen molar-refractivity contribution < 1.29 is 66.9 Å². The fraction of sp³-hybridized carbons (Fsp3) is 0.481. The van der Waals surface area contributed by atoms with Gasteiger partial charge in [0.1, 0.15) is 47.8 Å². The minimum atomic E-state index is -2.13. The number of carbonyl (C=O) groups excluding carboxylic acids is 10. The summed E-state index contributed by atoms with van der Waals surface area (Å²) in [6.45, 7) is 1.48. The molecule has 0 aromatic heterocycles. The second-order valence-corrected chi connectivity index (χ2v) is 23.6. The van der Waals surface area contributed by atoms with Crippen molar-refractivity contribution in [3.05, 3.63) is 91.0 Å². The van der Waals surface area contributed by atoms with Crippen LogP contribution in [0.4, 0.5) is 0 Å². The van der Waals surface area contributed by atoms with Crippen molar-refractivity contribution in [1.29, 1.82) is 0 Å². The van der Waals surface area contributed by atoms with Gasteiger partial charge < -0.3 is 45.5 Å². The van der Waals surface area contributed by atoms with E-state index in [0.717, 1.165) is 54.8 Å². The molecule has 0 radical (unpaired) electrons. The Morgan fingerprint density at radius 2 is 0.868 bits per heavy atom. The molecule has 0 aliphatic carbocycles. The number of rotatable bonds is 36. The number of methoxy groups -OCH3 is 4. The SMILES string of the molecule is CCCCCC(=O)NC(CCC(=O)NC(CSSCC(NC(=O)CCC(NC(=O)CCCC[P+](c1ccccc1)(c1ccccc1)c1ccccc1)C(=O)OC)C(=O)CCC(=O)OC)C(=O)NCC(=O)OC)C(=O)OC. The predicted octanol–water partition coefficient (Wildman–Crippen LogP) is 3.77. The molecule has 4 unspecified atom stereocenters. The third-order valence-electron chi connectivity index (χ3n) is 12.1. The first-order valence-corrected chi connectivity index (χ1v) is 29.6. The van der Waals surface area contributed by atoms with Crippen molar-refractivity contribution in [3.63, 3.8) is 0 Å². The summed E-state index contributed by atoms with van der Waals surface area (Å²) >= 11 is 0. The molecule has 19 nitrogen and oxygen atoms in total. The molecule has 0 heterocycles. The second kappa shape index (κ2) is 35.9. The summed E-state index contributed by atoms with van der Waals surface area (Å²) in [7, 11) is 4.62. The van der Waals surface area contributed by atoms with Gasteiger partial charge in [-0.25, -0.2) is 9.59 Å². The Bertz CT molecular complexity index is 2260. The van der Waals surface area contributed by atoms with Crippen LogP contribution in [0.15, 0.2) is 91.0 Å². The monoisotopic (exact) mass is 1110 g/mol.